The van der Waals surface area contributed by atoms with Gasteiger partial charge < -0.3 is 11.5 Å². The number of benzene rings is 1. The number of rotatable bonds is 6. The standard InChI is InChI=1S/C14H20N2O2.ClH/c1-3-5-9-7-10(6-4-2)12(14(16)18)8-11(9)13(15)17;/h7-8H,3-6H2,1-2H3,(H2,15,17)(H2,16,18);1H. The summed E-state index contributed by atoms with van der Waals surface area (Å²) in [5.74, 6) is -1.02. The predicted octanol–water partition coefficient (Wildman–Crippen LogP) is 2.21. The van der Waals surface area contributed by atoms with Gasteiger partial charge in [0.05, 0.1) is 0 Å². The number of hydrogen-bond acceptors (Lipinski definition) is 2. The van der Waals surface area contributed by atoms with Crippen molar-refractivity contribution >= 4 is 24.2 Å². The molecule has 1 aromatic carbocycles. The van der Waals surface area contributed by atoms with Gasteiger partial charge in [0, 0.05) is 11.1 Å². The summed E-state index contributed by atoms with van der Waals surface area (Å²) in [5.41, 5.74) is 13.3. The molecule has 106 valence electrons. The lowest BCUT2D eigenvalue weighted by atomic mass is 9.93. The Bertz CT molecular complexity index is 434. The Morgan fingerprint density at radius 2 is 1.26 bits per heavy atom. The molecular formula is C14H21ClN2O2. The minimum absolute atomic E-state index is 0. The monoisotopic (exact) mass is 284 g/mol. The van der Waals surface area contributed by atoms with Crippen LogP contribution < -0.4 is 11.5 Å². The molecule has 0 saturated heterocycles. The highest BCUT2D eigenvalue weighted by atomic mass is 35.5. The van der Waals surface area contributed by atoms with E-state index >= 15 is 0 Å². The normalized spacial score (nSPS) is 9.79. The lowest BCUT2D eigenvalue weighted by molar-refractivity contribution is 0.0998. The van der Waals surface area contributed by atoms with Crippen LogP contribution in [0.25, 0.3) is 0 Å². The topological polar surface area (TPSA) is 86.2 Å². The summed E-state index contributed by atoms with van der Waals surface area (Å²) in [6, 6.07) is 3.44. The number of carbonyl (C=O) groups is 2. The maximum atomic E-state index is 11.4. The molecule has 0 spiro atoms. The van der Waals surface area contributed by atoms with E-state index in [4.69, 9.17) is 11.5 Å². The van der Waals surface area contributed by atoms with Crippen molar-refractivity contribution in [3.63, 3.8) is 0 Å². The van der Waals surface area contributed by atoms with E-state index in [0.29, 0.717) is 11.1 Å². The van der Waals surface area contributed by atoms with Crippen molar-refractivity contribution < 1.29 is 9.59 Å². The lowest BCUT2D eigenvalue weighted by Gasteiger charge is -2.12. The molecule has 1 aromatic rings. The highest BCUT2D eigenvalue weighted by Crippen LogP contribution is 2.20. The van der Waals surface area contributed by atoms with Crippen LogP contribution in [0.5, 0.6) is 0 Å². The fourth-order valence-electron chi connectivity index (χ4n) is 2.11. The first-order chi connectivity index (χ1) is 8.51. The number of amides is 2. The Labute approximate surface area is 120 Å². The summed E-state index contributed by atoms with van der Waals surface area (Å²) in [4.78, 5) is 22.8. The van der Waals surface area contributed by atoms with Gasteiger partial charge in [-0.1, -0.05) is 32.8 Å². The number of nitrogens with two attached hydrogens (primary N) is 2. The van der Waals surface area contributed by atoms with E-state index < -0.39 is 11.8 Å². The van der Waals surface area contributed by atoms with Gasteiger partial charge in [0.15, 0.2) is 0 Å². The fraction of sp³-hybridized carbons (Fsp3) is 0.429. The Morgan fingerprint density at radius 1 is 0.895 bits per heavy atom. The van der Waals surface area contributed by atoms with Gasteiger partial charge in [-0.2, -0.15) is 0 Å². The molecular weight excluding hydrogens is 264 g/mol. The maximum absolute atomic E-state index is 11.4. The number of halogens is 1. The number of hydrogen-bond donors (Lipinski definition) is 2. The first-order valence-electron chi connectivity index (χ1n) is 6.26. The third-order valence-electron chi connectivity index (χ3n) is 2.90. The second kappa shape index (κ2) is 7.79. The predicted molar refractivity (Wildman–Crippen MR) is 78.7 cm³/mol. The van der Waals surface area contributed by atoms with Crippen LogP contribution in [0.1, 0.15) is 58.5 Å². The zero-order valence-corrected chi connectivity index (χ0v) is 12.2. The van der Waals surface area contributed by atoms with Gasteiger partial charge in [0.1, 0.15) is 0 Å². The van der Waals surface area contributed by atoms with E-state index in [1.165, 1.54) is 0 Å². The molecule has 1 rings (SSSR count). The number of carbonyl (C=O) groups excluding carboxylic acids is 2. The van der Waals surface area contributed by atoms with Crippen LogP contribution in [0, 0.1) is 0 Å². The molecule has 0 aliphatic rings. The number of primary amides is 2. The van der Waals surface area contributed by atoms with Crippen molar-refractivity contribution in [3.8, 4) is 0 Å². The highest BCUT2D eigenvalue weighted by Gasteiger charge is 2.15. The Balaban J connectivity index is 0.00000324. The first-order valence-corrected chi connectivity index (χ1v) is 6.26. The van der Waals surface area contributed by atoms with Crippen molar-refractivity contribution in [2.75, 3.05) is 0 Å². The Hall–Kier alpha value is -1.55. The molecule has 0 saturated carbocycles. The summed E-state index contributed by atoms with van der Waals surface area (Å²) in [5, 5.41) is 0. The molecule has 5 heteroatoms. The molecule has 2 amide bonds. The second-order valence-corrected chi connectivity index (χ2v) is 4.40. The van der Waals surface area contributed by atoms with Gasteiger partial charge in [-0.05, 0) is 30.0 Å². The summed E-state index contributed by atoms with van der Waals surface area (Å²) >= 11 is 0. The minimum Gasteiger partial charge on any atom is -0.366 e. The van der Waals surface area contributed by atoms with Gasteiger partial charge in [0.25, 0.3) is 0 Å². The molecule has 0 radical (unpaired) electrons. The lowest BCUT2D eigenvalue weighted by Crippen LogP contribution is -2.19. The quantitative estimate of drug-likeness (QED) is 0.839. The molecule has 4 N–H and O–H groups in total. The van der Waals surface area contributed by atoms with Crippen LogP contribution in [0.15, 0.2) is 12.1 Å². The molecule has 0 aliphatic heterocycles. The van der Waals surface area contributed by atoms with E-state index in [1.807, 2.05) is 19.9 Å². The smallest absolute Gasteiger partial charge is 0.249 e. The molecule has 0 aromatic heterocycles. The summed E-state index contributed by atoms with van der Waals surface area (Å²) < 4.78 is 0. The van der Waals surface area contributed by atoms with Crippen LogP contribution in [-0.2, 0) is 12.8 Å². The molecule has 0 atom stereocenters. The Morgan fingerprint density at radius 3 is 1.53 bits per heavy atom. The van der Waals surface area contributed by atoms with Crippen molar-refractivity contribution in [2.24, 2.45) is 11.5 Å². The molecule has 0 aliphatic carbocycles. The van der Waals surface area contributed by atoms with Gasteiger partial charge in [-0.3, -0.25) is 9.59 Å². The van der Waals surface area contributed by atoms with Gasteiger partial charge in [-0.25, -0.2) is 0 Å². The maximum Gasteiger partial charge on any atom is 0.249 e. The van der Waals surface area contributed by atoms with Crippen LogP contribution in [0.4, 0.5) is 0 Å². The highest BCUT2D eigenvalue weighted by molar-refractivity contribution is 6.00. The van der Waals surface area contributed by atoms with Crippen molar-refractivity contribution in [1.29, 1.82) is 0 Å². The molecule has 0 unspecified atom stereocenters. The summed E-state index contributed by atoms with van der Waals surface area (Å²) in [7, 11) is 0. The Kier molecular flexibility index (Phi) is 7.16. The number of aryl methyl sites for hydroxylation is 2. The van der Waals surface area contributed by atoms with Gasteiger partial charge >= 0.3 is 0 Å². The fourth-order valence-corrected chi connectivity index (χ4v) is 2.11. The van der Waals surface area contributed by atoms with E-state index in [1.54, 1.807) is 6.07 Å². The third-order valence-corrected chi connectivity index (χ3v) is 2.90. The molecule has 0 heterocycles. The first kappa shape index (κ1) is 17.4. The van der Waals surface area contributed by atoms with E-state index in [0.717, 1.165) is 36.8 Å². The van der Waals surface area contributed by atoms with E-state index in [2.05, 4.69) is 0 Å². The average molecular weight is 285 g/mol. The van der Waals surface area contributed by atoms with Gasteiger partial charge in [-0.15, -0.1) is 12.4 Å². The largest absolute Gasteiger partial charge is 0.366 e. The molecule has 0 fully saturated rings. The zero-order chi connectivity index (χ0) is 13.7. The van der Waals surface area contributed by atoms with Crippen molar-refractivity contribution in [1.82, 2.24) is 0 Å². The SMILES string of the molecule is CCCc1cc(CCC)c(C(N)=O)cc1C(N)=O.Cl. The average Bonchev–Trinajstić information content (AvgIpc) is 2.29. The van der Waals surface area contributed by atoms with Crippen LogP contribution in [0.3, 0.4) is 0 Å². The minimum atomic E-state index is -0.510. The van der Waals surface area contributed by atoms with Crippen LogP contribution in [-0.4, -0.2) is 11.8 Å². The van der Waals surface area contributed by atoms with Gasteiger partial charge in [0.2, 0.25) is 11.8 Å². The zero-order valence-electron chi connectivity index (χ0n) is 11.4. The van der Waals surface area contributed by atoms with Crippen LogP contribution >= 0.6 is 12.4 Å². The molecule has 4 nitrogen and oxygen atoms in total. The van der Waals surface area contributed by atoms with E-state index in [-0.39, 0.29) is 12.4 Å². The molecule has 0 bridgehead atoms. The van der Waals surface area contributed by atoms with Crippen molar-refractivity contribution in [3.05, 3.63) is 34.4 Å². The summed E-state index contributed by atoms with van der Waals surface area (Å²) in [6.07, 6.45) is 3.38. The van der Waals surface area contributed by atoms with Crippen molar-refractivity contribution in [2.45, 2.75) is 39.5 Å². The van der Waals surface area contributed by atoms with E-state index in [9.17, 15) is 9.59 Å². The molecule has 19 heavy (non-hydrogen) atoms. The second-order valence-electron chi connectivity index (χ2n) is 4.40. The third kappa shape index (κ3) is 4.24. The summed E-state index contributed by atoms with van der Waals surface area (Å²) in [6.45, 7) is 4.07. The van der Waals surface area contributed by atoms with Crippen LogP contribution in [0.2, 0.25) is 0 Å².